The van der Waals surface area contributed by atoms with Crippen molar-refractivity contribution in [3.05, 3.63) is 0 Å². The monoisotopic (exact) mass is 194 g/mol. The third-order valence-electron chi connectivity index (χ3n) is 2.83. The Morgan fingerprint density at radius 3 is 2.93 bits per heavy atom. The Bertz CT molecular complexity index is 177. The second kappa shape index (κ2) is 6.86. The van der Waals surface area contributed by atoms with E-state index < -0.39 is 0 Å². The molecule has 1 aliphatic rings. The van der Waals surface area contributed by atoms with Gasteiger partial charge in [0.25, 0.3) is 0 Å². The average molecular weight is 194 g/mol. The van der Waals surface area contributed by atoms with Gasteiger partial charge in [0, 0.05) is 19.0 Å². The molecule has 0 amide bonds. The molecule has 0 bridgehead atoms. The summed E-state index contributed by atoms with van der Waals surface area (Å²) >= 11 is 0. The molecule has 1 aliphatic heterocycles. The van der Waals surface area contributed by atoms with Crippen LogP contribution in [0.2, 0.25) is 0 Å². The van der Waals surface area contributed by atoms with Crippen LogP contribution in [0.15, 0.2) is 0 Å². The summed E-state index contributed by atoms with van der Waals surface area (Å²) in [7, 11) is 0. The highest BCUT2D eigenvalue weighted by atomic mass is 15.2. The number of terminal acetylenes is 1. The highest BCUT2D eigenvalue weighted by Gasteiger charge is 2.20. The van der Waals surface area contributed by atoms with Crippen LogP contribution < -0.4 is 5.32 Å². The molecule has 0 aromatic heterocycles. The Hall–Kier alpha value is -0.520. The van der Waals surface area contributed by atoms with E-state index >= 15 is 0 Å². The molecular weight excluding hydrogens is 172 g/mol. The minimum absolute atomic E-state index is 0.757. The predicted molar refractivity (Wildman–Crippen MR) is 61.2 cm³/mol. The number of hydrogen-bond donors (Lipinski definition) is 1. The summed E-state index contributed by atoms with van der Waals surface area (Å²) in [6.07, 6.45) is 9.87. The van der Waals surface area contributed by atoms with Gasteiger partial charge in [0.05, 0.1) is 0 Å². The number of hydrogen-bond acceptors (Lipinski definition) is 2. The van der Waals surface area contributed by atoms with Crippen LogP contribution in [-0.2, 0) is 0 Å². The van der Waals surface area contributed by atoms with Crippen LogP contribution in [0.5, 0.6) is 0 Å². The molecule has 1 fully saturated rings. The first-order chi connectivity index (χ1) is 6.88. The summed E-state index contributed by atoms with van der Waals surface area (Å²) in [6.45, 7) is 6.98. The first-order valence-electron chi connectivity index (χ1n) is 5.76. The number of nitrogens with one attached hydrogen (secondary N) is 1. The minimum Gasteiger partial charge on any atom is -0.315 e. The van der Waals surface area contributed by atoms with E-state index in [-0.39, 0.29) is 0 Å². The summed E-state index contributed by atoms with van der Waals surface area (Å²) < 4.78 is 0. The van der Waals surface area contributed by atoms with Gasteiger partial charge in [-0.15, -0.1) is 12.3 Å². The molecule has 1 heterocycles. The average Bonchev–Trinajstić information content (AvgIpc) is 2.70. The van der Waals surface area contributed by atoms with E-state index in [0.29, 0.717) is 0 Å². The quantitative estimate of drug-likeness (QED) is 0.509. The summed E-state index contributed by atoms with van der Waals surface area (Å²) in [5, 5.41) is 3.42. The molecule has 0 aliphatic carbocycles. The fourth-order valence-electron chi connectivity index (χ4n) is 2.10. The van der Waals surface area contributed by atoms with Crippen molar-refractivity contribution in [2.45, 2.75) is 38.6 Å². The van der Waals surface area contributed by atoms with E-state index in [4.69, 9.17) is 6.42 Å². The van der Waals surface area contributed by atoms with Crippen molar-refractivity contribution in [3.8, 4) is 12.3 Å². The van der Waals surface area contributed by atoms with Gasteiger partial charge in [-0.05, 0) is 38.9 Å². The van der Waals surface area contributed by atoms with Gasteiger partial charge >= 0.3 is 0 Å². The van der Waals surface area contributed by atoms with Crippen LogP contribution in [-0.4, -0.2) is 37.1 Å². The van der Waals surface area contributed by atoms with Crippen molar-refractivity contribution in [1.29, 1.82) is 0 Å². The lowest BCUT2D eigenvalue weighted by molar-refractivity contribution is 0.207. The molecule has 0 spiro atoms. The van der Waals surface area contributed by atoms with Gasteiger partial charge in [0.15, 0.2) is 0 Å². The normalized spacial score (nSPS) is 21.4. The van der Waals surface area contributed by atoms with E-state index in [1.165, 1.54) is 32.5 Å². The smallest absolute Gasteiger partial charge is 0.0232 e. The van der Waals surface area contributed by atoms with E-state index in [2.05, 4.69) is 23.1 Å². The molecule has 14 heavy (non-hydrogen) atoms. The number of unbranched alkanes of at least 4 members (excludes halogenated alkanes) is 1. The van der Waals surface area contributed by atoms with Crippen molar-refractivity contribution >= 4 is 0 Å². The maximum atomic E-state index is 5.26. The standard InChI is InChI=1S/C12H22N2/c1-3-5-6-10-14(9-4-2)12-7-8-13-11-12/h1,12-13H,4-11H2,2H3. The summed E-state index contributed by atoms with van der Waals surface area (Å²) in [5.74, 6) is 2.71. The Morgan fingerprint density at radius 2 is 2.36 bits per heavy atom. The van der Waals surface area contributed by atoms with Crippen molar-refractivity contribution in [2.75, 3.05) is 26.2 Å². The lowest BCUT2D eigenvalue weighted by Gasteiger charge is -2.27. The topological polar surface area (TPSA) is 15.3 Å². The summed E-state index contributed by atoms with van der Waals surface area (Å²) in [5.41, 5.74) is 0. The first-order valence-corrected chi connectivity index (χ1v) is 5.76. The fraction of sp³-hybridized carbons (Fsp3) is 0.833. The third kappa shape index (κ3) is 3.69. The van der Waals surface area contributed by atoms with Crippen molar-refractivity contribution in [2.24, 2.45) is 0 Å². The summed E-state index contributed by atoms with van der Waals surface area (Å²) in [6, 6.07) is 0.757. The molecule has 1 atom stereocenters. The Balaban J connectivity index is 2.26. The maximum absolute atomic E-state index is 5.26. The van der Waals surface area contributed by atoms with Gasteiger partial charge in [0.1, 0.15) is 0 Å². The second-order valence-corrected chi connectivity index (χ2v) is 3.99. The van der Waals surface area contributed by atoms with E-state index in [1.807, 2.05) is 0 Å². The summed E-state index contributed by atoms with van der Waals surface area (Å²) in [4.78, 5) is 2.59. The van der Waals surface area contributed by atoms with Crippen LogP contribution >= 0.6 is 0 Å². The van der Waals surface area contributed by atoms with Crippen LogP contribution in [0.1, 0.15) is 32.6 Å². The predicted octanol–water partition coefficient (Wildman–Crippen LogP) is 1.47. The van der Waals surface area contributed by atoms with Gasteiger partial charge in [-0.2, -0.15) is 0 Å². The third-order valence-corrected chi connectivity index (χ3v) is 2.83. The number of rotatable bonds is 6. The molecule has 2 heteroatoms. The van der Waals surface area contributed by atoms with Crippen LogP contribution in [0.4, 0.5) is 0 Å². The lowest BCUT2D eigenvalue weighted by Crippen LogP contribution is -2.38. The molecule has 0 radical (unpaired) electrons. The van der Waals surface area contributed by atoms with E-state index in [0.717, 1.165) is 25.4 Å². The van der Waals surface area contributed by atoms with Crippen LogP contribution in [0, 0.1) is 12.3 Å². The molecule has 1 rings (SSSR count). The van der Waals surface area contributed by atoms with Gasteiger partial charge in [-0.25, -0.2) is 0 Å². The van der Waals surface area contributed by atoms with Gasteiger partial charge < -0.3 is 5.32 Å². The molecule has 2 nitrogen and oxygen atoms in total. The zero-order valence-electron chi connectivity index (χ0n) is 9.26. The second-order valence-electron chi connectivity index (χ2n) is 3.99. The molecule has 0 aromatic rings. The molecule has 80 valence electrons. The zero-order valence-corrected chi connectivity index (χ0v) is 9.26. The molecule has 1 saturated heterocycles. The fourth-order valence-corrected chi connectivity index (χ4v) is 2.10. The highest BCUT2D eigenvalue weighted by Crippen LogP contribution is 2.10. The molecule has 1 unspecified atom stereocenters. The zero-order chi connectivity index (χ0) is 10.2. The lowest BCUT2D eigenvalue weighted by atomic mass is 10.2. The van der Waals surface area contributed by atoms with E-state index in [1.54, 1.807) is 0 Å². The molecule has 0 aromatic carbocycles. The molecule has 1 N–H and O–H groups in total. The first kappa shape index (κ1) is 11.6. The SMILES string of the molecule is C#CCCCN(CCC)C1CCNC1. The van der Waals surface area contributed by atoms with Crippen molar-refractivity contribution in [3.63, 3.8) is 0 Å². The van der Waals surface area contributed by atoms with Gasteiger partial charge in [-0.1, -0.05) is 6.92 Å². The van der Waals surface area contributed by atoms with Gasteiger partial charge in [-0.3, -0.25) is 4.90 Å². The minimum atomic E-state index is 0.757. The molecule has 0 saturated carbocycles. The van der Waals surface area contributed by atoms with Crippen molar-refractivity contribution < 1.29 is 0 Å². The maximum Gasteiger partial charge on any atom is 0.0232 e. The van der Waals surface area contributed by atoms with Gasteiger partial charge in [0.2, 0.25) is 0 Å². The largest absolute Gasteiger partial charge is 0.315 e. The highest BCUT2D eigenvalue weighted by molar-refractivity contribution is 4.85. The Labute approximate surface area is 88.1 Å². The van der Waals surface area contributed by atoms with Crippen LogP contribution in [0.25, 0.3) is 0 Å². The van der Waals surface area contributed by atoms with Crippen molar-refractivity contribution in [1.82, 2.24) is 10.2 Å². The Morgan fingerprint density at radius 1 is 1.50 bits per heavy atom. The number of nitrogens with zero attached hydrogens (tertiary/aromatic N) is 1. The van der Waals surface area contributed by atoms with E-state index in [9.17, 15) is 0 Å². The Kier molecular flexibility index (Phi) is 5.66. The molecular formula is C12H22N2. The van der Waals surface area contributed by atoms with Crippen LogP contribution in [0.3, 0.4) is 0 Å².